The van der Waals surface area contributed by atoms with Gasteiger partial charge >= 0.3 is 0 Å². The second kappa shape index (κ2) is 32.5. The number of carbonyl (C=O) groups is 1. The first-order valence-electron chi connectivity index (χ1n) is 18.7. The van der Waals surface area contributed by atoms with E-state index < -0.39 is 28.0 Å². The van der Waals surface area contributed by atoms with Gasteiger partial charge in [-0.3, -0.25) is 9.35 Å². The van der Waals surface area contributed by atoms with Gasteiger partial charge < -0.3 is 10.4 Å². The van der Waals surface area contributed by atoms with Crippen molar-refractivity contribution in [3.8, 4) is 0 Å². The topological polar surface area (TPSA) is 104 Å². The summed E-state index contributed by atoms with van der Waals surface area (Å²) in [6.45, 7) is 4.44. The van der Waals surface area contributed by atoms with Crippen LogP contribution in [0.1, 0.15) is 181 Å². The number of aliphatic hydroxyl groups excluding tert-OH is 1. The van der Waals surface area contributed by atoms with Gasteiger partial charge in [-0.05, 0) is 51.4 Å². The third kappa shape index (κ3) is 33.7. The molecule has 0 radical (unpaired) electrons. The molecule has 0 aliphatic heterocycles. The maximum Gasteiger partial charge on any atom is 0.266 e. The fourth-order valence-corrected chi connectivity index (χ4v) is 6.28. The fourth-order valence-electron chi connectivity index (χ4n) is 5.52. The molecule has 0 aliphatic rings. The molecule has 7 heteroatoms. The van der Waals surface area contributed by atoms with Gasteiger partial charge in [0, 0.05) is 6.42 Å². The fraction of sp³-hybridized carbons (Fsp3) is 0.816. The summed E-state index contributed by atoms with van der Waals surface area (Å²) < 4.78 is 32.2. The van der Waals surface area contributed by atoms with E-state index in [1.807, 2.05) is 0 Å². The first-order valence-corrected chi connectivity index (χ1v) is 20.3. The van der Waals surface area contributed by atoms with Crippen LogP contribution in [0.2, 0.25) is 0 Å². The molecule has 0 fully saturated rings. The van der Waals surface area contributed by atoms with E-state index in [1.54, 1.807) is 0 Å². The van der Waals surface area contributed by atoms with E-state index in [0.29, 0.717) is 12.8 Å². The summed E-state index contributed by atoms with van der Waals surface area (Å²) in [5.74, 6) is -0.911. The van der Waals surface area contributed by atoms with Crippen molar-refractivity contribution in [3.05, 3.63) is 36.5 Å². The Kier molecular flexibility index (Phi) is 31.5. The van der Waals surface area contributed by atoms with E-state index in [9.17, 15) is 22.9 Å². The zero-order valence-electron chi connectivity index (χ0n) is 29.2. The van der Waals surface area contributed by atoms with Crippen molar-refractivity contribution < 1.29 is 22.9 Å². The van der Waals surface area contributed by atoms with Crippen LogP contribution >= 0.6 is 0 Å². The maximum atomic E-state index is 12.4. The van der Waals surface area contributed by atoms with Gasteiger partial charge in [-0.15, -0.1) is 0 Å². The highest BCUT2D eigenvalue weighted by Crippen LogP contribution is 2.14. The van der Waals surface area contributed by atoms with Crippen molar-refractivity contribution in [1.82, 2.24) is 5.32 Å². The molecule has 264 valence electrons. The van der Waals surface area contributed by atoms with Crippen LogP contribution in [-0.4, -0.2) is 41.9 Å². The monoisotopic (exact) mass is 654 g/mol. The number of hydrogen-bond acceptors (Lipinski definition) is 4. The summed E-state index contributed by atoms with van der Waals surface area (Å²) >= 11 is 0. The van der Waals surface area contributed by atoms with E-state index in [-0.39, 0.29) is 5.91 Å². The highest BCUT2D eigenvalue weighted by Gasteiger charge is 2.26. The van der Waals surface area contributed by atoms with Gasteiger partial charge in [0.25, 0.3) is 10.1 Å². The Morgan fingerprint density at radius 3 is 1.47 bits per heavy atom. The molecule has 0 saturated carbocycles. The normalized spacial score (nSPS) is 13.8. The second-order valence-electron chi connectivity index (χ2n) is 12.9. The van der Waals surface area contributed by atoms with Gasteiger partial charge in [-0.2, -0.15) is 8.42 Å². The number of carbonyl (C=O) groups excluding carboxylic acids is 1. The van der Waals surface area contributed by atoms with E-state index in [0.717, 1.165) is 64.2 Å². The van der Waals surface area contributed by atoms with Crippen LogP contribution in [-0.2, 0) is 14.9 Å². The number of aliphatic hydroxyl groups is 1. The average molecular weight is 654 g/mol. The van der Waals surface area contributed by atoms with Gasteiger partial charge in [0.05, 0.1) is 17.9 Å². The summed E-state index contributed by atoms with van der Waals surface area (Å²) in [4.78, 5) is 12.4. The molecule has 0 aromatic carbocycles. The molecule has 3 N–H and O–H groups in total. The predicted molar refractivity (Wildman–Crippen MR) is 193 cm³/mol. The molecule has 2 atom stereocenters. The Morgan fingerprint density at radius 2 is 1.00 bits per heavy atom. The highest BCUT2D eigenvalue weighted by molar-refractivity contribution is 7.85. The Labute approximate surface area is 278 Å². The third-order valence-electron chi connectivity index (χ3n) is 8.35. The Balaban J connectivity index is 3.81. The average Bonchev–Trinajstić information content (AvgIpc) is 3.00. The molecule has 1 amide bonds. The molecule has 45 heavy (non-hydrogen) atoms. The van der Waals surface area contributed by atoms with Crippen molar-refractivity contribution in [1.29, 1.82) is 0 Å². The van der Waals surface area contributed by atoms with Crippen molar-refractivity contribution in [2.75, 3.05) is 5.75 Å². The van der Waals surface area contributed by atoms with Crippen LogP contribution in [0.5, 0.6) is 0 Å². The summed E-state index contributed by atoms with van der Waals surface area (Å²) in [7, 11) is -4.30. The number of hydrogen-bond donors (Lipinski definition) is 3. The quantitative estimate of drug-likeness (QED) is 0.0371. The highest BCUT2D eigenvalue weighted by atomic mass is 32.2. The molecule has 0 aliphatic carbocycles. The SMILES string of the molecule is CCCCCCC/C=C\C/C=C\C/C=C\CCCCCCCCCCC(=O)NC(CS(=O)(=O)O)C(O)CCCCCCCCC. The summed E-state index contributed by atoms with van der Waals surface area (Å²) in [5.41, 5.74) is 0. The third-order valence-corrected chi connectivity index (χ3v) is 9.13. The van der Waals surface area contributed by atoms with Crippen LogP contribution in [0.3, 0.4) is 0 Å². The molecular weight excluding hydrogens is 582 g/mol. The van der Waals surface area contributed by atoms with Crippen molar-refractivity contribution in [2.24, 2.45) is 0 Å². The molecule has 0 spiro atoms. The molecule has 0 aromatic rings. The molecule has 0 saturated heterocycles. The molecule has 0 bridgehead atoms. The van der Waals surface area contributed by atoms with Crippen LogP contribution in [0.15, 0.2) is 36.5 Å². The Hall–Kier alpha value is -1.44. The molecule has 2 unspecified atom stereocenters. The molecular formula is C38H71NO5S. The van der Waals surface area contributed by atoms with Crippen molar-refractivity contribution >= 4 is 16.0 Å². The van der Waals surface area contributed by atoms with E-state index in [4.69, 9.17) is 0 Å². The number of unbranched alkanes of at least 4 members (excludes halogenated alkanes) is 19. The van der Waals surface area contributed by atoms with Crippen LogP contribution in [0, 0.1) is 0 Å². The van der Waals surface area contributed by atoms with Crippen molar-refractivity contribution in [2.45, 2.75) is 193 Å². The summed E-state index contributed by atoms with van der Waals surface area (Å²) in [5, 5.41) is 13.2. The first kappa shape index (κ1) is 43.6. The lowest BCUT2D eigenvalue weighted by atomic mass is 10.0. The number of rotatable bonds is 33. The molecule has 0 heterocycles. The Morgan fingerprint density at radius 1 is 0.600 bits per heavy atom. The lowest BCUT2D eigenvalue weighted by Gasteiger charge is -2.23. The number of allylic oxidation sites excluding steroid dienone is 6. The first-order chi connectivity index (χ1) is 21.8. The van der Waals surface area contributed by atoms with Gasteiger partial charge in [-0.1, -0.05) is 159 Å². The van der Waals surface area contributed by atoms with E-state index in [2.05, 4.69) is 55.6 Å². The van der Waals surface area contributed by atoms with E-state index >= 15 is 0 Å². The minimum Gasteiger partial charge on any atom is -0.391 e. The van der Waals surface area contributed by atoms with Crippen LogP contribution in [0.4, 0.5) is 0 Å². The standard InChI is InChI=1S/C38H71NO5S/c1-3-5-7-9-11-12-13-14-15-16-17-18-19-20-21-22-23-24-25-26-28-30-32-34-38(41)39-36(35-45(42,43)44)37(40)33-31-29-27-10-8-6-4-2/h13-14,16-17,19-20,36-37,40H,3-12,15,18,21-35H2,1-2H3,(H,39,41)(H,42,43,44)/b14-13-,17-16-,20-19-. The van der Waals surface area contributed by atoms with Gasteiger partial charge in [0.2, 0.25) is 5.91 Å². The Bertz CT molecular complexity index is 852. The lowest BCUT2D eigenvalue weighted by Crippen LogP contribution is -2.47. The minimum atomic E-state index is -4.30. The van der Waals surface area contributed by atoms with Gasteiger partial charge in [0.1, 0.15) is 0 Å². The molecule has 0 aromatic heterocycles. The second-order valence-corrected chi connectivity index (χ2v) is 14.4. The van der Waals surface area contributed by atoms with Gasteiger partial charge in [-0.25, -0.2) is 0 Å². The van der Waals surface area contributed by atoms with Crippen LogP contribution in [0.25, 0.3) is 0 Å². The largest absolute Gasteiger partial charge is 0.391 e. The molecule has 0 rings (SSSR count). The van der Waals surface area contributed by atoms with Gasteiger partial charge in [0.15, 0.2) is 0 Å². The summed E-state index contributed by atoms with van der Waals surface area (Å²) in [6, 6.07) is -0.971. The molecule has 6 nitrogen and oxygen atoms in total. The smallest absolute Gasteiger partial charge is 0.266 e. The summed E-state index contributed by atoms with van der Waals surface area (Å²) in [6.07, 6.45) is 41.2. The number of nitrogens with one attached hydrogen (secondary N) is 1. The zero-order chi connectivity index (χ0) is 33.3. The minimum absolute atomic E-state index is 0.258. The maximum absolute atomic E-state index is 12.4. The van der Waals surface area contributed by atoms with E-state index in [1.165, 1.54) is 89.9 Å². The number of amides is 1. The predicted octanol–water partition coefficient (Wildman–Crippen LogP) is 10.6. The lowest BCUT2D eigenvalue weighted by molar-refractivity contribution is -0.122. The van der Waals surface area contributed by atoms with Crippen molar-refractivity contribution in [3.63, 3.8) is 0 Å². The van der Waals surface area contributed by atoms with Crippen LogP contribution < -0.4 is 5.32 Å². The zero-order valence-corrected chi connectivity index (χ0v) is 30.1.